The second-order valence-corrected chi connectivity index (χ2v) is 10.0. The summed E-state index contributed by atoms with van der Waals surface area (Å²) in [4.78, 5) is 26.6. The average molecular weight is 530 g/mol. The van der Waals surface area contributed by atoms with Crippen LogP contribution in [0, 0.1) is 13.8 Å². The molecule has 0 saturated carbocycles. The molecule has 5 nitrogen and oxygen atoms in total. The summed E-state index contributed by atoms with van der Waals surface area (Å²) in [7, 11) is 0. The van der Waals surface area contributed by atoms with Gasteiger partial charge in [0, 0.05) is 14.9 Å². The molecule has 0 bridgehead atoms. The fourth-order valence-corrected chi connectivity index (χ4v) is 4.98. The van der Waals surface area contributed by atoms with Gasteiger partial charge in [0.1, 0.15) is 16.3 Å². The minimum absolute atomic E-state index is 0.166. The van der Waals surface area contributed by atoms with Gasteiger partial charge in [0.15, 0.2) is 6.61 Å². The lowest BCUT2D eigenvalue weighted by Crippen LogP contribution is -2.21. The van der Waals surface area contributed by atoms with Crippen LogP contribution >= 0.6 is 27.3 Å². The molecule has 0 aliphatic heterocycles. The van der Waals surface area contributed by atoms with E-state index in [1.807, 2.05) is 56.3 Å². The molecule has 0 unspecified atom stereocenters. The molecular weight excluding hydrogens is 502 g/mol. The van der Waals surface area contributed by atoms with Crippen molar-refractivity contribution in [3.8, 4) is 16.9 Å². The number of hydrogen-bond acceptors (Lipinski definition) is 5. The molecule has 3 aromatic rings. The van der Waals surface area contributed by atoms with Gasteiger partial charge in [0.25, 0.3) is 5.91 Å². The summed E-state index contributed by atoms with van der Waals surface area (Å²) >= 11 is 4.92. The molecule has 7 heteroatoms. The lowest BCUT2D eigenvalue weighted by molar-refractivity contribution is -0.118. The summed E-state index contributed by atoms with van der Waals surface area (Å²) in [6.07, 6.45) is 0. The van der Waals surface area contributed by atoms with E-state index in [2.05, 4.69) is 35.1 Å². The highest BCUT2D eigenvalue weighted by molar-refractivity contribution is 9.10. The number of benzene rings is 2. The van der Waals surface area contributed by atoms with E-state index in [0.717, 1.165) is 31.6 Å². The van der Waals surface area contributed by atoms with Crippen LogP contribution in [0.15, 0.2) is 46.9 Å². The predicted molar refractivity (Wildman–Crippen MR) is 138 cm³/mol. The van der Waals surface area contributed by atoms with Gasteiger partial charge in [-0.05, 0) is 55.5 Å². The first kappa shape index (κ1) is 25.0. The summed E-state index contributed by atoms with van der Waals surface area (Å²) in [5.74, 6) is 0.127. The number of nitrogens with one attached hydrogen (secondary N) is 1. The standard InChI is InChI=1S/C26H28BrNO4S/c1-6-31-26(30)24-23(18-10-8-7-9-11-18)17(5)33-25(24)28-22(29)14-32-21-12-16(4)20(27)13-19(21)15(2)3/h7-13,15H,6,14H2,1-5H3,(H,28,29). The maximum atomic E-state index is 12.8. The molecule has 0 radical (unpaired) electrons. The number of halogens is 1. The quantitative estimate of drug-likeness (QED) is 0.315. The Kier molecular flexibility index (Phi) is 8.32. The molecular formula is C26H28BrNO4S. The number of anilines is 1. The Balaban J connectivity index is 1.86. The third kappa shape index (κ3) is 5.84. The SMILES string of the molecule is CCOC(=O)c1c(NC(=O)COc2cc(C)c(Br)cc2C(C)C)sc(C)c1-c1ccccc1. The maximum absolute atomic E-state index is 12.8. The molecule has 3 rings (SSSR count). The number of aryl methyl sites for hydroxylation is 2. The number of carbonyl (C=O) groups is 2. The van der Waals surface area contributed by atoms with Crippen LogP contribution in [0.3, 0.4) is 0 Å². The molecule has 0 saturated heterocycles. The Labute approximate surface area is 207 Å². The van der Waals surface area contributed by atoms with Crippen LogP contribution in [0.1, 0.15) is 53.1 Å². The zero-order chi connectivity index (χ0) is 24.1. The lowest BCUT2D eigenvalue weighted by atomic mass is 10.0. The zero-order valence-corrected chi connectivity index (χ0v) is 21.9. The summed E-state index contributed by atoms with van der Waals surface area (Å²) in [5, 5.41) is 3.34. The summed E-state index contributed by atoms with van der Waals surface area (Å²) in [5.41, 5.74) is 4.10. The van der Waals surface area contributed by atoms with E-state index >= 15 is 0 Å². The van der Waals surface area contributed by atoms with Gasteiger partial charge in [-0.3, -0.25) is 4.79 Å². The Hall–Kier alpha value is -2.64. The van der Waals surface area contributed by atoms with E-state index in [1.165, 1.54) is 11.3 Å². The van der Waals surface area contributed by atoms with E-state index in [4.69, 9.17) is 9.47 Å². The number of ether oxygens (including phenoxy) is 2. The number of thiophene rings is 1. The van der Waals surface area contributed by atoms with Crippen molar-refractivity contribution in [2.45, 2.75) is 40.5 Å². The van der Waals surface area contributed by atoms with Crippen molar-refractivity contribution in [3.63, 3.8) is 0 Å². The van der Waals surface area contributed by atoms with Crippen LogP contribution in [0.4, 0.5) is 5.00 Å². The summed E-state index contributed by atoms with van der Waals surface area (Å²) in [6, 6.07) is 13.6. The zero-order valence-electron chi connectivity index (χ0n) is 19.5. The fourth-order valence-electron chi connectivity index (χ4n) is 3.54. The number of amides is 1. The molecule has 0 atom stereocenters. The van der Waals surface area contributed by atoms with Gasteiger partial charge in [-0.25, -0.2) is 4.79 Å². The second kappa shape index (κ2) is 11.0. The van der Waals surface area contributed by atoms with Crippen molar-refractivity contribution in [2.24, 2.45) is 0 Å². The third-order valence-corrected chi connectivity index (χ3v) is 7.03. The van der Waals surface area contributed by atoms with Crippen LogP contribution in [-0.2, 0) is 9.53 Å². The number of esters is 1. The van der Waals surface area contributed by atoms with Crippen molar-refractivity contribution in [1.82, 2.24) is 0 Å². The number of rotatable bonds is 8. The van der Waals surface area contributed by atoms with Gasteiger partial charge < -0.3 is 14.8 Å². The Morgan fingerprint density at radius 3 is 2.45 bits per heavy atom. The minimum atomic E-state index is -0.456. The molecule has 33 heavy (non-hydrogen) atoms. The molecule has 1 heterocycles. The first-order chi connectivity index (χ1) is 15.7. The largest absolute Gasteiger partial charge is 0.483 e. The van der Waals surface area contributed by atoms with Crippen molar-refractivity contribution < 1.29 is 19.1 Å². The minimum Gasteiger partial charge on any atom is -0.483 e. The molecule has 0 spiro atoms. The second-order valence-electron chi connectivity index (χ2n) is 7.95. The van der Waals surface area contributed by atoms with Crippen LogP contribution in [-0.4, -0.2) is 25.1 Å². The van der Waals surface area contributed by atoms with Crippen molar-refractivity contribution in [3.05, 3.63) is 68.5 Å². The fraction of sp³-hybridized carbons (Fsp3) is 0.308. The number of carbonyl (C=O) groups excluding carboxylic acids is 2. The molecule has 0 aliphatic carbocycles. The summed E-state index contributed by atoms with van der Waals surface area (Å²) in [6.45, 7) is 9.91. The van der Waals surface area contributed by atoms with E-state index in [-0.39, 0.29) is 25.0 Å². The van der Waals surface area contributed by atoms with E-state index in [1.54, 1.807) is 6.92 Å². The van der Waals surface area contributed by atoms with Gasteiger partial charge in [-0.1, -0.05) is 60.1 Å². The van der Waals surface area contributed by atoms with Crippen LogP contribution in [0.25, 0.3) is 11.1 Å². The summed E-state index contributed by atoms with van der Waals surface area (Å²) < 4.78 is 12.2. The van der Waals surface area contributed by atoms with Gasteiger partial charge >= 0.3 is 5.97 Å². The molecule has 1 aromatic heterocycles. The van der Waals surface area contributed by atoms with Gasteiger partial charge in [-0.2, -0.15) is 0 Å². The smallest absolute Gasteiger partial charge is 0.341 e. The topological polar surface area (TPSA) is 64.6 Å². The van der Waals surface area contributed by atoms with Gasteiger partial charge in [-0.15, -0.1) is 11.3 Å². The molecule has 1 N–H and O–H groups in total. The predicted octanol–water partition coefficient (Wildman–Crippen LogP) is 7.11. The highest BCUT2D eigenvalue weighted by Crippen LogP contribution is 2.40. The Bertz CT molecular complexity index is 1150. The van der Waals surface area contributed by atoms with E-state index < -0.39 is 5.97 Å². The third-order valence-electron chi connectivity index (χ3n) is 5.15. The van der Waals surface area contributed by atoms with Crippen molar-refractivity contribution in [2.75, 3.05) is 18.5 Å². The van der Waals surface area contributed by atoms with Crippen molar-refractivity contribution >= 4 is 44.1 Å². The van der Waals surface area contributed by atoms with E-state index in [9.17, 15) is 9.59 Å². The lowest BCUT2D eigenvalue weighted by Gasteiger charge is -2.16. The highest BCUT2D eigenvalue weighted by Gasteiger charge is 2.25. The van der Waals surface area contributed by atoms with Crippen LogP contribution < -0.4 is 10.1 Å². The number of hydrogen-bond donors (Lipinski definition) is 1. The first-order valence-electron chi connectivity index (χ1n) is 10.8. The first-order valence-corrected chi connectivity index (χ1v) is 12.4. The van der Waals surface area contributed by atoms with Gasteiger partial charge in [0.2, 0.25) is 0 Å². The van der Waals surface area contributed by atoms with Crippen LogP contribution in [0.5, 0.6) is 5.75 Å². The Morgan fingerprint density at radius 1 is 1.12 bits per heavy atom. The van der Waals surface area contributed by atoms with Crippen molar-refractivity contribution in [1.29, 1.82) is 0 Å². The monoisotopic (exact) mass is 529 g/mol. The Morgan fingerprint density at radius 2 is 1.82 bits per heavy atom. The maximum Gasteiger partial charge on any atom is 0.341 e. The molecule has 174 valence electrons. The van der Waals surface area contributed by atoms with Crippen LogP contribution in [0.2, 0.25) is 0 Å². The molecule has 0 aliphatic rings. The van der Waals surface area contributed by atoms with Gasteiger partial charge in [0.05, 0.1) is 6.61 Å². The molecule has 1 amide bonds. The molecule has 2 aromatic carbocycles. The normalized spacial score (nSPS) is 10.9. The van der Waals surface area contributed by atoms with E-state index in [0.29, 0.717) is 16.3 Å². The molecule has 0 fully saturated rings. The highest BCUT2D eigenvalue weighted by atomic mass is 79.9. The average Bonchev–Trinajstić information content (AvgIpc) is 3.10.